The van der Waals surface area contributed by atoms with Crippen LogP contribution in [0.25, 0.3) is 0 Å². The number of carbonyl (C=O) groups excluding carboxylic acids is 2. The summed E-state index contributed by atoms with van der Waals surface area (Å²) in [6, 6.07) is 26.1. The highest BCUT2D eigenvalue weighted by molar-refractivity contribution is 6.23. The molecule has 2 saturated heterocycles. The largest absolute Gasteiger partial charge is 0.494 e. The van der Waals surface area contributed by atoms with Gasteiger partial charge in [-0.2, -0.15) is 0 Å². The first kappa shape index (κ1) is 25.0. The summed E-state index contributed by atoms with van der Waals surface area (Å²) in [7, 11) is 0. The minimum atomic E-state index is -0.874. The minimum Gasteiger partial charge on any atom is -0.494 e. The van der Waals surface area contributed by atoms with E-state index in [0.717, 1.165) is 23.4 Å². The molecule has 3 atom stereocenters. The predicted octanol–water partition coefficient (Wildman–Crippen LogP) is 6.48. The van der Waals surface area contributed by atoms with Crippen LogP contribution in [0.3, 0.4) is 0 Å². The molecule has 37 heavy (non-hydrogen) atoms. The third-order valence-corrected chi connectivity index (χ3v) is 7.13. The third kappa shape index (κ3) is 5.25. The topological polar surface area (TPSA) is 59.1 Å². The van der Waals surface area contributed by atoms with E-state index in [9.17, 15) is 9.59 Å². The van der Waals surface area contributed by atoms with Gasteiger partial charge < -0.3 is 4.74 Å². The van der Waals surface area contributed by atoms with Crippen LogP contribution in [0.4, 0.5) is 11.4 Å². The van der Waals surface area contributed by atoms with Crippen molar-refractivity contribution in [3.05, 3.63) is 90.5 Å². The van der Waals surface area contributed by atoms with Crippen molar-refractivity contribution < 1.29 is 19.2 Å². The highest BCUT2D eigenvalue weighted by atomic mass is 16.7. The lowest BCUT2D eigenvalue weighted by Crippen LogP contribution is -2.37. The summed E-state index contributed by atoms with van der Waals surface area (Å²) >= 11 is 0. The fourth-order valence-corrected chi connectivity index (χ4v) is 5.22. The molecule has 0 spiro atoms. The van der Waals surface area contributed by atoms with Gasteiger partial charge in [0.05, 0.1) is 24.0 Å². The quantitative estimate of drug-likeness (QED) is 0.224. The van der Waals surface area contributed by atoms with Gasteiger partial charge in [-0.15, -0.1) is 0 Å². The maximum atomic E-state index is 13.7. The normalized spacial score (nSPS) is 20.9. The summed E-state index contributed by atoms with van der Waals surface area (Å²) in [6.45, 7) is 2.92. The molecule has 2 aliphatic heterocycles. The molecule has 0 aromatic heterocycles. The molecular formula is C31H34N2O4. The average Bonchev–Trinajstić information content (AvgIpc) is 3.45. The van der Waals surface area contributed by atoms with E-state index in [4.69, 9.17) is 9.57 Å². The number of benzene rings is 3. The molecular weight excluding hydrogens is 464 g/mol. The molecule has 0 radical (unpaired) electrons. The van der Waals surface area contributed by atoms with Crippen LogP contribution in [-0.4, -0.2) is 24.5 Å². The van der Waals surface area contributed by atoms with Crippen molar-refractivity contribution in [3.63, 3.8) is 0 Å². The molecule has 6 heteroatoms. The molecule has 6 nitrogen and oxygen atoms in total. The van der Waals surface area contributed by atoms with Crippen LogP contribution < -0.4 is 14.7 Å². The number of hydrogen-bond donors (Lipinski definition) is 0. The highest BCUT2D eigenvalue weighted by Crippen LogP contribution is 2.47. The van der Waals surface area contributed by atoms with E-state index >= 15 is 0 Å². The van der Waals surface area contributed by atoms with Gasteiger partial charge in [-0.3, -0.25) is 14.4 Å². The highest BCUT2D eigenvalue weighted by Gasteiger charge is 2.60. The molecule has 0 saturated carbocycles. The smallest absolute Gasteiger partial charge is 0.266 e. The van der Waals surface area contributed by atoms with Gasteiger partial charge in [-0.25, -0.2) is 9.96 Å². The van der Waals surface area contributed by atoms with Crippen LogP contribution >= 0.6 is 0 Å². The van der Waals surface area contributed by atoms with E-state index in [0.29, 0.717) is 12.3 Å². The number of imide groups is 1. The van der Waals surface area contributed by atoms with Gasteiger partial charge in [0.15, 0.2) is 6.10 Å². The maximum Gasteiger partial charge on any atom is 0.266 e. The first-order valence-electron chi connectivity index (χ1n) is 13.4. The zero-order valence-corrected chi connectivity index (χ0v) is 21.3. The predicted molar refractivity (Wildman–Crippen MR) is 144 cm³/mol. The first-order valence-corrected chi connectivity index (χ1v) is 13.4. The summed E-state index contributed by atoms with van der Waals surface area (Å²) in [4.78, 5) is 34.5. The fourth-order valence-electron chi connectivity index (χ4n) is 5.22. The lowest BCUT2D eigenvalue weighted by molar-refractivity contribution is -0.126. The Kier molecular flexibility index (Phi) is 7.85. The van der Waals surface area contributed by atoms with Gasteiger partial charge in [0.1, 0.15) is 11.7 Å². The van der Waals surface area contributed by atoms with E-state index in [-0.39, 0.29) is 11.8 Å². The van der Waals surface area contributed by atoms with E-state index in [1.54, 1.807) is 17.2 Å². The van der Waals surface area contributed by atoms with Gasteiger partial charge in [-0.05, 0) is 48.4 Å². The lowest BCUT2D eigenvalue weighted by atomic mass is 9.90. The zero-order valence-electron chi connectivity index (χ0n) is 21.3. The number of anilines is 2. The van der Waals surface area contributed by atoms with E-state index in [1.165, 1.54) is 37.0 Å². The van der Waals surface area contributed by atoms with Crippen LogP contribution in [0.5, 0.6) is 5.75 Å². The van der Waals surface area contributed by atoms with E-state index < -0.39 is 18.1 Å². The summed E-state index contributed by atoms with van der Waals surface area (Å²) in [5.41, 5.74) is 2.27. The van der Waals surface area contributed by atoms with Crippen molar-refractivity contribution in [2.45, 2.75) is 57.6 Å². The van der Waals surface area contributed by atoms with Crippen LogP contribution in [0, 0.1) is 5.92 Å². The monoisotopic (exact) mass is 498 g/mol. The molecule has 2 aliphatic rings. The Hall–Kier alpha value is -3.64. The Balaban J connectivity index is 1.34. The number of hydroxylamine groups is 1. The van der Waals surface area contributed by atoms with Gasteiger partial charge >= 0.3 is 0 Å². The second-order valence-electron chi connectivity index (χ2n) is 9.69. The van der Waals surface area contributed by atoms with Crippen molar-refractivity contribution in [1.29, 1.82) is 0 Å². The number of ether oxygens (including phenoxy) is 1. The molecule has 2 amide bonds. The summed E-state index contributed by atoms with van der Waals surface area (Å²) < 4.78 is 5.97. The number of unbranched alkanes of at least 4 members (excludes halogenated alkanes) is 5. The molecule has 0 bridgehead atoms. The number of hydrogen-bond acceptors (Lipinski definition) is 5. The maximum absolute atomic E-state index is 13.7. The first-order chi connectivity index (χ1) is 18.2. The Morgan fingerprint density at radius 3 is 2.03 bits per heavy atom. The van der Waals surface area contributed by atoms with E-state index in [1.807, 2.05) is 72.8 Å². The lowest BCUT2D eigenvalue weighted by Gasteiger charge is -2.28. The average molecular weight is 499 g/mol. The van der Waals surface area contributed by atoms with Gasteiger partial charge in [0, 0.05) is 0 Å². The van der Waals surface area contributed by atoms with Crippen molar-refractivity contribution in [2.75, 3.05) is 16.6 Å². The second kappa shape index (κ2) is 11.6. The number of rotatable bonds is 11. The number of carbonyl (C=O) groups is 2. The Morgan fingerprint density at radius 1 is 0.730 bits per heavy atom. The SMILES string of the molecule is CCCCCCCCOc1ccc([C@@H]2[C@H]3C(=O)N(c4ccccc4)C(=O)[C@H]3ON2c2ccccc2)cc1. The molecule has 0 N–H and O–H groups in total. The molecule has 192 valence electrons. The number of fused-ring (bicyclic) bond motifs is 1. The fraction of sp³-hybridized carbons (Fsp3) is 0.355. The van der Waals surface area contributed by atoms with Gasteiger partial charge in [0.2, 0.25) is 5.91 Å². The summed E-state index contributed by atoms with van der Waals surface area (Å²) in [6.07, 6.45) is 6.44. The third-order valence-electron chi connectivity index (χ3n) is 7.13. The van der Waals surface area contributed by atoms with Gasteiger partial charge in [-0.1, -0.05) is 87.6 Å². The zero-order chi connectivity index (χ0) is 25.6. The van der Waals surface area contributed by atoms with Crippen LogP contribution in [0.2, 0.25) is 0 Å². The Morgan fingerprint density at radius 2 is 1.35 bits per heavy atom. The standard InChI is InChI=1S/C31H34N2O4/c1-2-3-4-5-6-13-22-36-26-20-18-23(19-21-26)28-27-29(37-33(28)25-16-11-8-12-17-25)31(35)32(30(27)34)24-14-9-7-10-15-24/h7-12,14-21,27-29H,2-6,13,22H2,1H3/t27-,28-,29+/m1/s1. The van der Waals surface area contributed by atoms with Crippen LogP contribution in [-0.2, 0) is 14.4 Å². The van der Waals surface area contributed by atoms with Crippen molar-refractivity contribution >= 4 is 23.2 Å². The molecule has 3 aromatic carbocycles. The van der Waals surface area contributed by atoms with Crippen molar-refractivity contribution in [1.82, 2.24) is 0 Å². The van der Waals surface area contributed by atoms with Crippen molar-refractivity contribution in [3.8, 4) is 5.75 Å². The Labute approximate surface area is 218 Å². The van der Waals surface area contributed by atoms with Gasteiger partial charge in [0.25, 0.3) is 5.91 Å². The Bertz CT molecular complexity index is 1180. The number of para-hydroxylation sites is 2. The molecule has 0 aliphatic carbocycles. The van der Waals surface area contributed by atoms with E-state index in [2.05, 4.69) is 6.92 Å². The summed E-state index contributed by atoms with van der Waals surface area (Å²) in [5.74, 6) is -0.418. The second-order valence-corrected chi connectivity index (χ2v) is 9.69. The number of amides is 2. The molecule has 0 unspecified atom stereocenters. The van der Waals surface area contributed by atoms with Crippen molar-refractivity contribution in [2.24, 2.45) is 5.92 Å². The molecule has 2 heterocycles. The molecule has 5 rings (SSSR count). The molecule has 2 fully saturated rings. The summed E-state index contributed by atoms with van der Waals surface area (Å²) in [5, 5.41) is 1.72. The minimum absolute atomic E-state index is 0.243. The number of nitrogens with zero attached hydrogens (tertiary/aromatic N) is 2. The molecule has 3 aromatic rings. The van der Waals surface area contributed by atoms with Crippen LogP contribution in [0.15, 0.2) is 84.9 Å². The van der Waals surface area contributed by atoms with Crippen LogP contribution in [0.1, 0.15) is 57.1 Å².